The van der Waals surface area contributed by atoms with Crippen molar-refractivity contribution in [3.63, 3.8) is 0 Å². The van der Waals surface area contributed by atoms with Crippen molar-refractivity contribution >= 4 is 63.9 Å². The molecule has 69 heavy (non-hydrogen) atoms. The van der Waals surface area contributed by atoms with Crippen molar-refractivity contribution in [3.05, 3.63) is 140 Å². The van der Waals surface area contributed by atoms with Crippen LogP contribution in [0.4, 0.5) is 24.8 Å². The first-order chi connectivity index (χ1) is 33.1. The average Bonchev–Trinajstić information content (AvgIpc) is 4.06. The number of ether oxygens (including phenoxy) is 2. The van der Waals surface area contributed by atoms with Crippen molar-refractivity contribution in [2.45, 2.75) is 63.8 Å². The molecule has 0 bridgehead atoms. The number of halogens is 7. The number of amides is 1. The lowest BCUT2D eigenvalue weighted by Gasteiger charge is -2.31. The summed E-state index contributed by atoms with van der Waals surface area (Å²) < 4.78 is 56.6. The van der Waals surface area contributed by atoms with Gasteiger partial charge in [-0.15, -0.1) is 10.2 Å². The summed E-state index contributed by atoms with van der Waals surface area (Å²) in [5.74, 6) is -0.749. The van der Waals surface area contributed by atoms with Gasteiger partial charge in [0.15, 0.2) is 23.1 Å². The monoisotopic (exact) mass is 1020 g/mol. The Hall–Kier alpha value is -6.18. The van der Waals surface area contributed by atoms with E-state index in [-0.39, 0.29) is 50.2 Å². The van der Waals surface area contributed by atoms with E-state index in [0.29, 0.717) is 82.0 Å². The van der Waals surface area contributed by atoms with Crippen LogP contribution >= 0.6 is 46.4 Å². The minimum absolute atomic E-state index is 0.0539. The maximum absolute atomic E-state index is 14.0. The van der Waals surface area contributed by atoms with Gasteiger partial charge in [-0.1, -0.05) is 56.8 Å². The van der Waals surface area contributed by atoms with Crippen LogP contribution in [-0.4, -0.2) is 76.9 Å². The van der Waals surface area contributed by atoms with Gasteiger partial charge in [0.1, 0.15) is 41.0 Å². The molecule has 6 heterocycles. The summed E-state index contributed by atoms with van der Waals surface area (Å²) >= 11 is 24.7. The van der Waals surface area contributed by atoms with E-state index in [1.807, 2.05) is 17.1 Å². The van der Waals surface area contributed by atoms with Crippen LogP contribution in [0, 0.1) is 17.5 Å². The molecule has 2 saturated heterocycles. The molecule has 2 atom stereocenters. The van der Waals surface area contributed by atoms with Gasteiger partial charge >= 0.3 is 0 Å². The minimum Gasteiger partial charge on any atom is -0.482 e. The van der Waals surface area contributed by atoms with Gasteiger partial charge in [-0.3, -0.25) is 4.79 Å². The molecule has 2 unspecified atom stereocenters. The van der Waals surface area contributed by atoms with Crippen LogP contribution < -0.4 is 26.3 Å². The summed E-state index contributed by atoms with van der Waals surface area (Å²) in [5.41, 5.74) is 15.7. The summed E-state index contributed by atoms with van der Waals surface area (Å²) in [6, 6.07) is 14.6. The lowest BCUT2D eigenvalue weighted by Crippen LogP contribution is -2.39. The largest absolute Gasteiger partial charge is 0.482 e. The van der Waals surface area contributed by atoms with Crippen molar-refractivity contribution in [2.24, 2.45) is 0 Å². The van der Waals surface area contributed by atoms with E-state index in [4.69, 9.17) is 67.3 Å². The fraction of sp³-hybridized carbons (Fsp3) is 0.298. The molecule has 3 aromatic carbocycles. The third-order valence-corrected chi connectivity index (χ3v) is 13.3. The zero-order valence-corrected chi connectivity index (χ0v) is 40.1. The Labute approximate surface area is 414 Å². The number of nitrogens with one attached hydrogen (secondary N) is 1. The van der Waals surface area contributed by atoms with Crippen molar-refractivity contribution < 1.29 is 27.4 Å². The molecule has 4 aromatic heterocycles. The van der Waals surface area contributed by atoms with E-state index < -0.39 is 23.8 Å². The standard InChI is InChI=1S/C27H24Cl2F2N6O2.C20H21Cl2FN6O/c1-15(24-20(28)6-7-21(31)25(24)29)39-23-12-17(13-33-26(23)32)22-14-37(35-34-22)19-8-10-36(11-9-19)27(38)16-2-4-18(30)5-3-16;1-11(18-14(21)2-3-15(23)19(18)22)30-17-8-12(9-26-20(17)24)16-10-29(28-27-16)13-4-6-25-7-5-13/h2-7,12-15,19H,8-11H2,1H3,(H2,32,33);2-3,8-11,13,25H,4-7H2,1H3,(H2,24,26). The van der Waals surface area contributed by atoms with E-state index in [9.17, 15) is 18.0 Å². The number of nitrogens with zero attached hydrogens (tertiary/aromatic N) is 9. The number of piperidine rings is 2. The van der Waals surface area contributed by atoms with Gasteiger partial charge in [0.05, 0.1) is 34.5 Å². The molecule has 0 saturated carbocycles. The molecular formula is C47H45Cl4F3N12O3. The molecular weight excluding hydrogens is 979 g/mol. The molecule has 360 valence electrons. The highest BCUT2D eigenvalue weighted by Crippen LogP contribution is 2.39. The molecule has 15 nitrogen and oxygen atoms in total. The molecule has 2 fully saturated rings. The molecule has 22 heteroatoms. The Morgan fingerprint density at radius 1 is 0.681 bits per heavy atom. The number of hydrogen-bond acceptors (Lipinski definition) is 12. The number of rotatable bonds is 11. The van der Waals surface area contributed by atoms with Crippen molar-refractivity contribution in [3.8, 4) is 34.0 Å². The van der Waals surface area contributed by atoms with Gasteiger partial charge in [-0.25, -0.2) is 32.5 Å². The second kappa shape index (κ2) is 21.6. The lowest BCUT2D eigenvalue weighted by molar-refractivity contribution is 0.0689. The van der Waals surface area contributed by atoms with Crippen LogP contribution in [0.5, 0.6) is 11.5 Å². The molecule has 7 aromatic rings. The van der Waals surface area contributed by atoms with Crippen LogP contribution in [0.3, 0.4) is 0 Å². The van der Waals surface area contributed by atoms with Crippen LogP contribution in [0.2, 0.25) is 20.1 Å². The summed E-state index contributed by atoms with van der Waals surface area (Å²) in [4.78, 5) is 22.9. The number of pyridine rings is 2. The van der Waals surface area contributed by atoms with Crippen molar-refractivity contribution in [2.75, 3.05) is 37.6 Å². The highest BCUT2D eigenvalue weighted by molar-refractivity contribution is 6.36. The summed E-state index contributed by atoms with van der Waals surface area (Å²) in [5, 5.41) is 20.8. The topological polar surface area (TPSA) is 190 Å². The molecule has 9 rings (SSSR count). The quantitative estimate of drug-likeness (QED) is 0.104. The number of likely N-dealkylation sites (tertiary alicyclic amines) is 1. The SMILES string of the molecule is CC(Oc1cc(-c2cn(C3CCN(C(=O)c4ccc(F)cc4)CC3)nn2)cnc1N)c1c(Cl)ccc(F)c1Cl.CC(Oc1cc(-c2cn(C3CCNCC3)nn2)cnc1N)c1c(Cl)ccc(F)c1Cl. The summed E-state index contributed by atoms with van der Waals surface area (Å²) in [7, 11) is 0. The number of carbonyl (C=O) groups is 1. The molecule has 5 N–H and O–H groups in total. The van der Waals surface area contributed by atoms with Crippen molar-refractivity contribution in [1.82, 2.24) is 50.2 Å². The zero-order valence-electron chi connectivity index (χ0n) is 37.1. The van der Waals surface area contributed by atoms with Gasteiger partial charge in [0.2, 0.25) is 0 Å². The number of hydrogen-bond donors (Lipinski definition) is 3. The third-order valence-electron chi connectivity index (χ3n) is 11.9. The minimum atomic E-state index is -0.710. The zero-order chi connectivity index (χ0) is 48.9. The molecule has 0 aliphatic carbocycles. The Bertz CT molecular complexity index is 2950. The number of nitrogen functional groups attached to an aromatic ring is 2. The van der Waals surface area contributed by atoms with E-state index in [0.717, 1.165) is 25.9 Å². The average molecular weight is 1020 g/mol. The van der Waals surface area contributed by atoms with Gasteiger partial charge in [0.25, 0.3) is 5.91 Å². The summed E-state index contributed by atoms with van der Waals surface area (Å²) in [6.45, 7) is 6.41. The van der Waals surface area contributed by atoms with Gasteiger partial charge in [-0.05, 0) is 113 Å². The van der Waals surface area contributed by atoms with Crippen molar-refractivity contribution in [1.29, 1.82) is 0 Å². The molecule has 2 aliphatic rings. The van der Waals surface area contributed by atoms with E-state index in [1.54, 1.807) is 48.0 Å². The fourth-order valence-electron chi connectivity index (χ4n) is 8.06. The second-order valence-corrected chi connectivity index (χ2v) is 18.0. The molecule has 1 amide bonds. The maximum atomic E-state index is 14.0. The number of benzene rings is 3. The fourth-order valence-corrected chi connectivity index (χ4v) is 9.42. The molecule has 0 spiro atoms. The van der Waals surface area contributed by atoms with Crippen LogP contribution in [0.15, 0.2) is 85.5 Å². The third kappa shape index (κ3) is 11.3. The normalized spacial score (nSPS) is 15.3. The Morgan fingerprint density at radius 2 is 1.13 bits per heavy atom. The number of nitrogens with two attached hydrogens (primary N) is 2. The molecule has 0 radical (unpaired) electrons. The maximum Gasteiger partial charge on any atom is 0.253 e. The van der Waals surface area contributed by atoms with Gasteiger partial charge in [-0.2, -0.15) is 0 Å². The van der Waals surface area contributed by atoms with E-state index in [2.05, 4.69) is 35.9 Å². The van der Waals surface area contributed by atoms with Gasteiger partial charge < -0.3 is 31.2 Å². The highest BCUT2D eigenvalue weighted by atomic mass is 35.5. The van der Waals surface area contributed by atoms with Crippen LogP contribution in [0.1, 0.15) is 85.3 Å². The molecule has 2 aliphatic heterocycles. The predicted octanol–water partition coefficient (Wildman–Crippen LogP) is 10.6. The van der Waals surface area contributed by atoms with E-state index in [1.165, 1.54) is 48.5 Å². The Kier molecular flexibility index (Phi) is 15.4. The highest BCUT2D eigenvalue weighted by Gasteiger charge is 2.27. The Balaban J connectivity index is 0.000000192. The summed E-state index contributed by atoms with van der Waals surface area (Å²) in [6.07, 6.45) is 8.92. The van der Waals surface area contributed by atoms with Crippen LogP contribution in [0.25, 0.3) is 22.5 Å². The lowest BCUT2D eigenvalue weighted by atomic mass is 10.0. The predicted molar refractivity (Wildman–Crippen MR) is 258 cm³/mol. The van der Waals surface area contributed by atoms with E-state index >= 15 is 0 Å². The number of anilines is 2. The Morgan fingerprint density at radius 3 is 1.59 bits per heavy atom. The first-order valence-electron chi connectivity index (χ1n) is 21.9. The second-order valence-electron chi connectivity index (χ2n) is 16.4. The first kappa shape index (κ1) is 49.2. The number of carbonyl (C=O) groups excluding carboxylic acids is 1. The number of aromatic nitrogens is 8. The first-order valence-corrected chi connectivity index (χ1v) is 23.4. The van der Waals surface area contributed by atoms with Crippen LogP contribution in [-0.2, 0) is 0 Å². The smallest absolute Gasteiger partial charge is 0.253 e. The van der Waals surface area contributed by atoms with Gasteiger partial charge in [0, 0.05) is 63.3 Å².